The predicted molar refractivity (Wildman–Crippen MR) is 73.4 cm³/mol. The normalized spacial score (nSPS) is 26.6. The number of likely N-dealkylation sites (tertiary alicyclic amines) is 1. The van der Waals surface area contributed by atoms with Gasteiger partial charge in [0.25, 0.3) is 0 Å². The minimum atomic E-state index is 0.690. The molecule has 0 spiro atoms. The minimum Gasteiger partial charge on any atom is -0.380 e. The van der Waals surface area contributed by atoms with Gasteiger partial charge in [0.2, 0.25) is 0 Å². The summed E-state index contributed by atoms with van der Waals surface area (Å²) in [7, 11) is 2.07. The standard InChI is InChI=1S/C14H30N2O/c1-12(2)6-9-17-10-8-16-7-5-14(15-4)11-13(16)3/h12-15H,5-11H2,1-4H3. The molecule has 3 nitrogen and oxygen atoms in total. The van der Waals surface area contributed by atoms with E-state index in [2.05, 4.69) is 38.0 Å². The molecule has 0 saturated carbocycles. The summed E-state index contributed by atoms with van der Waals surface area (Å²) in [5.41, 5.74) is 0. The smallest absolute Gasteiger partial charge is 0.0593 e. The van der Waals surface area contributed by atoms with Gasteiger partial charge in [0.15, 0.2) is 0 Å². The zero-order valence-electron chi connectivity index (χ0n) is 12.0. The Labute approximate surface area is 107 Å². The Morgan fingerprint density at radius 1 is 1.35 bits per heavy atom. The van der Waals surface area contributed by atoms with E-state index in [-0.39, 0.29) is 0 Å². The van der Waals surface area contributed by atoms with E-state index in [4.69, 9.17) is 4.74 Å². The van der Waals surface area contributed by atoms with Crippen LogP contribution in [0.25, 0.3) is 0 Å². The molecule has 3 heteroatoms. The van der Waals surface area contributed by atoms with Crippen LogP contribution in [0, 0.1) is 5.92 Å². The second-order valence-electron chi connectivity index (χ2n) is 5.69. The predicted octanol–water partition coefficient (Wildman–Crippen LogP) is 2.12. The van der Waals surface area contributed by atoms with E-state index in [1.165, 1.54) is 25.8 Å². The Balaban J connectivity index is 2.07. The average Bonchev–Trinajstić information content (AvgIpc) is 2.30. The Hall–Kier alpha value is -0.120. The molecule has 0 aromatic carbocycles. The molecule has 102 valence electrons. The lowest BCUT2D eigenvalue weighted by atomic mass is 9.98. The van der Waals surface area contributed by atoms with Crippen molar-refractivity contribution in [1.29, 1.82) is 0 Å². The molecule has 1 fully saturated rings. The lowest BCUT2D eigenvalue weighted by molar-refractivity contribution is 0.0655. The Morgan fingerprint density at radius 3 is 2.71 bits per heavy atom. The molecule has 1 rings (SSSR count). The molecule has 17 heavy (non-hydrogen) atoms. The summed E-state index contributed by atoms with van der Waals surface area (Å²) >= 11 is 0. The molecule has 1 N–H and O–H groups in total. The summed E-state index contributed by atoms with van der Waals surface area (Å²) in [6, 6.07) is 1.40. The number of nitrogens with one attached hydrogen (secondary N) is 1. The van der Waals surface area contributed by atoms with Crippen LogP contribution in [0.1, 0.15) is 40.0 Å². The molecule has 1 saturated heterocycles. The molecule has 0 bridgehead atoms. The second kappa shape index (κ2) is 8.06. The summed E-state index contributed by atoms with van der Waals surface area (Å²) in [6.45, 7) is 10.9. The number of rotatable bonds is 7. The van der Waals surface area contributed by atoms with E-state index in [0.717, 1.165) is 25.7 Å². The van der Waals surface area contributed by atoms with Gasteiger partial charge in [-0.15, -0.1) is 0 Å². The molecular formula is C14H30N2O. The van der Waals surface area contributed by atoms with Crippen molar-refractivity contribution in [3.8, 4) is 0 Å². The molecule has 1 aliphatic rings. The van der Waals surface area contributed by atoms with Gasteiger partial charge in [-0.2, -0.15) is 0 Å². The highest BCUT2D eigenvalue weighted by Crippen LogP contribution is 2.16. The first kappa shape index (κ1) is 14.9. The first-order valence-electron chi connectivity index (χ1n) is 7.12. The number of ether oxygens (including phenoxy) is 1. The van der Waals surface area contributed by atoms with Crippen molar-refractivity contribution in [2.45, 2.75) is 52.1 Å². The van der Waals surface area contributed by atoms with E-state index in [1.54, 1.807) is 0 Å². The van der Waals surface area contributed by atoms with Gasteiger partial charge in [0.05, 0.1) is 6.61 Å². The topological polar surface area (TPSA) is 24.5 Å². The fourth-order valence-electron chi connectivity index (χ4n) is 2.42. The van der Waals surface area contributed by atoms with E-state index < -0.39 is 0 Å². The zero-order chi connectivity index (χ0) is 12.7. The van der Waals surface area contributed by atoms with Crippen LogP contribution < -0.4 is 5.32 Å². The van der Waals surface area contributed by atoms with Crippen LogP contribution in [0.3, 0.4) is 0 Å². The van der Waals surface area contributed by atoms with Crippen LogP contribution in [0.15, 0.2) is 0 Å². The third-order valence-electron chi connectivity index (χ3n) is 3.78. The number of hydrogen-bond acceptors (Lipinski definition) is 3. The van der Waals surface area contributed by atoms with Gasteiger partial charge in [0.1, 0.15) is 0 Å². The average molecular weight is 242 g/mol. The SMILES string of the molecule is CNC1CCN(CCOCCC(C)C)C(C)C1. The molecule has 1 heterocycles. The zero-order valence-corrected chi connectivity index (χ0v) is 12.0. The summed E-state index contributed by atoms with van der Waals surface area (Å²) in [6.07, 6.45) is 3.71. The minimum absolute atomic E-state index is 0.690. The van der Waals surface area contributed by atoms with Crippen LogP contribution >= 0.6 is 0 Å². The highest BCUT2D eigenvalue weighted by molar-refractivity contribution is 4.81. The Bertz CT molecular complexity index is 197. The summed E-state index contributed by atoms with van der Waals surface area (Å²) in [5.74, 6) is 0.750. The molecule has 2 atom stereocenters. The Kier molecular flexibility index (Phi) is 7.09. The number of nitrogens with zero attached hydrogens (tertiary/aromatic N) is 1. The van der Waals surface area contributed by atoms with Crippen molar-refractivity contribution in [3.05, 3.63) is 0 Å². The van der Waals surface area contributed by atoms with Gasteiger partial charge in [-0.25, -0.2) is 0 Å². The molecule has 0 aromatic rings. The fraction of sp³-hybridized carbons (Fsp3) is 1.00. The summed E-state index contributed by atoms with van der Waals surface area (Å²) < 4.78 is 5.69. The highest BCUT2D eigenvalue weighted by atomic mass is 16.5. The first-order valence-corrected chi connectivity index (χ1v) is 7.12. The van der Waals surface area contributed by atoms with Gasteiger partial charge in [0, 0.05) is 25.2 Å². The molecule has 0 aliphatic carbocycles. The van der Waals surface area contributed by atoms with Crippen molar-refractivity contribution >= 4 is 0 Å². The number of piperidine rings is 1. The lowest BCUT2D eigenvalue weighted by Gasteiger charge is -2.37. The van der Waals surface area contributed by atoms with Crippen molar-refractivity contribution in [1.82, 2.24) is 10.2 Å². The van der Waals surface area contributed by atoms with Crippen molar-refractivity contribution in [2.24, 2.45) is 5.92 Å². The van der Waals surface area contributed by atoms with E-state index in [9.17, 15) is 0 Å². The summed E-state index contributed by atoms with van der Waals surface area (Å²) in [5, 5.41) is 3.39. The third kappa shape index (κ3) is 5.84. The first-order chi connectivity index (χ1) is 8.13. The van der Waals surface area contributed by atoms with Crippen molar-refractivity contribution < 1.29 is 4.74 Å². The van der Waals surface area contributed by atoms with Gasteiger partial charge >= 0.3 is 0 Å². The van der Waals surface area contributed by atoms with E-state index in [1.807, 2.05) is 0 Å². The molecular weight excluding hydrogens is 212 g/mol. The highest BCUT2D eigenvalue weighted by Gasteiger charge is 2.23. The lowest BCUT2D eigenvalue weighted by Crippen LogP contribution is -2.47. The van der Waals surface area contributed by atoms with Crippen LogP contribution in [0.5, 0.6) is 0 Å². The van der Waals surface area contributed by atoms with Gasteiger partial charge in [-0.05, 0) is 45.7 Å². The van der Waals surface area contributed by atoms with Crippen LogP contribution in [0.2, 0.25) is 0 Å². The maximum atomic E-state index is 5.69. The van der Waals surface area contributed by atoms with E-state index in [0.29, 0.717) is 12.1 Å². The monoisotopic (exact) mass is 242 g/mol. The van der Waals surface area contributed by atoms with Gasteiger partial charge < -0.3 is 10.1 Å². The van der Waals surface area contributed by atoms with Crippen molar-refractivity contribution in [2.75, 3.05) is 33.4 Å². The van der Waals surface area contributed by atoms with Crippen molar-refractivity contribution in [3.63, 3.8) is 0 Å². The number of hydrogen-bond donors (Lipinski definition) is 1. The van der Waals surface area contributed by atoms with Gasteiger partial charge in [-0.1, -0.05) is 13.8 Å². The second-order valence-corrected chi connectivity index (χ2v) is 5.69. The molecule has 1 aliphatic heterocycles. The summed E-state index contributed by atoms with van der Waals surface area (Å²) in [4.78, 5) is 2.56. The molecule has 0 amide bonds. The quantitative estimate of drug-likeness (QED) is 0.692. The van der Waals surface area contributed by atoms with Crippen LogP contribution in [0.4, 0.5) is 0 Å². The molecule has 2 unspecified atom stereocenters. The van der Waals surface area contributed by atoms with Crippen LogP contribution in [-0.2, 0) is 4.74 Å². The maximum Gasteiger partial charge on any atom is 0.0593 e. The van der Waals surface area contributed by atoms with Crippen LogP contribution in [-0.4, -0.2) is 50.3 Å². The maximum absolute atomic E-state index is 5.69. The fourth-order valence-corrected chi connectivity index (χ4v) is 2.42. The molecule has 0 radical (unpaired) electrons. The Morgan fingerprint density at radius 2 is 2.12 bits per heavy atom. The van der Waals surface area contributed by atoms with E-state index >= 15 is 0 Å². The van der Waals surface area contributed by atoms with Gasteiger partial charge in [-0.3, -0.25) is 4.90 Å². The largest absolute Gasteiger partial charge is 0.380 e. The molecule has 0 aromatic heterocycles. The third-order valence-corrected chi connectivity index (χ3v) is 3.78.